The van der Waals surface area contributed by atoms with E-state index in [-0.39, 0.29) is 23.5 Å². The first kappa shape index (κ1) is 21.7. The van der Waals surface area contributed by atoms with Crippen molar-refractivity contribution in [2.45, 2.75) is 32.7 Å². The Morgan fingerprint density at radius 2 is 1.86 bits per heavy atom. The largest absolute Gasteiger partial charge is 0.508 e. The molecule has 2 aliphatic rings. The highest BCUT2D eigenvalue weighted by molar-refractivity contribution is 6.31. The predicted octanol–water partition coefficient (Wildman–Crippen LogP) is 2.33. The van der Waals surface area contributed by atoms with Crippen LogP contribution >= 0.6 is 11.6 Å². The first-order valence-corrected chi connectivity index (χ1v) is 10.7. The number of hydrogen-bond donors (Lipinski definition) is 1. The van der Waals surface area contributed by atoms with Crippen LogP contribution in [0, 0.1) is 5.92 Å². The van der Waals surface area contributed by atoms with E-state index in [1.165, 1.54) is 6.08 Å². The van der Waals surface area contributed by atoms with Gasteiger partial charge in [-0.1, -0.05) is 38.1 Å². The minimum absolute atomic E-state index is 0.0134. The van der Waals surface area contributed by atoms with Crippen molar-refractivity contribution >= 4 is 23.4 Å². The quantitative estimate of drug-likeness (QED) is 0.719. The summed E-state index contributed by atoms with van der Waals surface area (Å²) in [5.41, 5.74) is 1.75. The number of amides is 2. The van der Waals surface area contributed by atoms with Gasteiger partial charge < -0.3 is 14.9 Å². The number of benzene rings is 1. The van der Waals surface area contributed by atoms with Gasteiger partial charge in [-0.25, -0.2) is 0 Å². The number of halogens is 1. The normalized spacial score (nSPS) is 19.0. The lowest BCUT2D eigenvalue weighted by Crippen LogP contribution is -2.64. The number of carbonyl (C=O) groups excluding carboxylic acids is 2. The zero-order valence-electron chi connectivity index (χ0n) is 17.2. The van der Waals surface area contributed by atoms with Gasteiger partial charge in [0.1, 0.15) is 5.75 Å². The molecule has 0 aliphatic carbocycles. The summed E-state index contributed by atoms with van der Waals surface area (Å²) in [5.74, 6) is 0.0534. The molecular formula is C22H30ClN3O3. The van der Waals surface area contributed by atoms with Crippen molar-refractivity contribution in [3.05, 3.63) is 40.9 Å². The number of nitrogens with zero attached hydrogens (tertiary/aromatic N) is 3. The molecular weight excluding hydrogens is 390 g/mol. The third kappa shape index (κ3) is 4.75. The van der Waals surface area contributed by atoms with Crippen LogP contribution in [0.15, 0.2) is 24.8 Å². The van der Waals surface area contributed by atoms with Gasteiger partial charge >= 0.3 is 0 Å². The molecule has 0 radical (unpaired) electrons. The van der Waals surface area contributed by atoms with Gasteiger partial charge in [-0.05, 0) is 36.1 Å². The summed E-state index contributed by atoms with van der Waals surface area (Å²) in [5, 5.41) is 10.8. The van der Waals surface area contributed by atoms with Crippen LogP contribution in [0.3, 0.4) is 0 Å². The summed E-state index contributed by atoms with van der Waals surface area (Å²) >= 11 is 6.15. The van der Waals surface area contributed by atoms with E-state index in [4.69, 9.17) is 11.6 Å². The number of aryl methyl sites for hydroxylation is 1. The van der Waals surface area contributed by atoms with E-state index < -0.39 is 0 Å². The molecule has 29 heavy (non-hydrogen) atoms. The zero-order valence-corrected chi connectivity index (χ0v) is 18.0. The third-order valence-corrected chi connectivity index (χ3v) is 6.42. The van der Waals surface area contributed by atoms with Gasteiger partial charge in [0.2, 0.25) is 11.8 Å². The number of piperazine rings is 1. The van der Waals surface area contributed by atoms with Gasteiger partial charge in [-0.15, -0.1) is 0 Å². The highest BCUT2D eigenvalue weighted by Gasteiger charge is 2.36. The molecule has 3 rings (SSSR count). The molecule has 0 spiro atoms. The van der Waals surface area contributed by atoms with Crippen LogP contribution in [0.25, 0.3) is 0 Å². The van der Waals surface area contributed by atoms with Crippen molar-refractivity contribution in [2.24, 2.45) is 5.92 Å². The fraction of sp³-hybridized carbons (Fsp3) is 0.545. The van der Waals surface area contributed by atoms with E-state index in [9.17, 15) is 14.7 Å². The maximum Gasteiger partial charge on any atom is 0.246 e. The standard InChI is InChI=1S/C22H30ClN3O3/c1-4-16-11-17(20(27)12-19(16)23)10-15(3)22(29)25-8-6-24(7-9-25)18-13-26(14-18)21(28)5-2/h5,11-12,15,18,27H,2,4,6-10,13-14H2,1,3H3/t15-/m1/s1. The molecule has 2 saturated heterocycles. The number of phenolic OH excluding ortho intramolecular Hbond substituents is 1. The molecule has 0 unspecified atom stereocenters. The van der Waals surface area contributed by atoms with E-state index in [0.717, 1.165) is 43.7 Å². The average molecular weight is 420 g/mol. The second kappa shape index (κ2) is 9.18. The van der Waals surface area contributed by atoms with Crippen LogP contribution in [0.1, 0.15) is 25.0 Å². The maximum atomic E-state index is 12.9. The van der Waals surface area contributed by atoms with Crippen molar-refractivity contribution in [2.75, 3.05) is 39.3 Å². The topological polar surface area (TPSA) is 64.1 Å². The number of aromatic hydroxyl groups is 1. The van der Waals surface area contributed by atoms with E-state index in [0.29, 0.717) is 30.6 Å². The first-order chi connectivity index (χ1) is 13.8. The number of carbonyl (C=O) groups is 2. The van der Waals surface area contributed by atoms with Crippen LogP contribution in [0.2, 0.25) is 5.02 Å². The number of hydrogen-bond acceptors (Lipinski definition) is 4. The Morgan fingerprint density at radius 3 is 2.45 bits per heavy atom. The smallest absolute Gasteiger partial charge is 0.246 e. The minimum Gasteiger partial charge on any atom is -0.508 e. The Hall–Kier alpha value is -2.05. The lowest BCUT2D eigenvalue weighted by molar-refractivity contribution is -0.139. The highest BCUT2D eigenvalue weighted by atomic mass is 35.5. The molecule has 0 bridgehead atoms. The fourth-order valence-electron chi connectivity index (χ4n) is 4.12. The van der Waals surface area contributed by atoms with Crippen LogP contribution in [-0.4, -0.2) is 76.9 Å². The van der Waals surface area contributed by atoms with Gasteiger partial charge in [0.25, 0.3) is 0 Å². The Kier molecular flexibility index (Phi) is 6.85. The van der Waals surface area contributed by atoms with Crippen molar-refractivity contribution < 1.29 is 14.7 Å². The van der Waals surface area contributed by atoms with Crippen LogP contribution in [0.4, 0.5) is 0 Å². The number of likely N-dealkylation sites (tertiary alicyclic amines) is 1. The molecule has 158 valence electrons. The molecule has 1 aromatic carbocycles. The molecule has 2 heterocycles. The Labute approximate surface area is 177 Å². The summed E-state index contributed by atoms with van der Waals surface area (Å²) in [4.78, 5) is 30.6. The summed E-state index contributed by atoms with van der Waals surface area (Å²) in [6.45, 7) is 12.0. The third-order valence-electron chi connectivity index (χ3n) is 6.07. The molecule has 2 fully saturated rings. The maximum absolute atomic E-state index is 12.9. The summed E-state index contributed by atoms with van der Waals surface area (Å²) in [6.07, 6.45) is 2.64. The Morgan fingerprint density at radius 1 is 1.21 bits per heavy atom. The summed E-state index contributed by atoms with van der Waals surface area (Å²) in [6, 6.07) is 3.86. The molecule has 1 atom stereocenters. The van der Waals surface area contributed by atoms with E-state index in [1.807, 2.05) is 24.8 Å². The highest BCUT2D eigenvalue weighted by Crippen LogP contribution is 2.29. The van der Waals surface area contributed by atoms with Crippen molar-refractivity contribution in [1.29, 1.82) is 0 Å². The Bertz CT molecular complexity index is 784. The lowest BCUT2D eigenvalue weighted by atomic mass is 9.96. The van der Waals surface area contributed by atoms with Crippen LogP contribution in [0.5, 0.6) is 5.75 Å². The zero-order chi connectivity index (χ0) is 21.1. The summed E-state index contributed by atoms with van der Waals surface area (Å²) < 4.78 is 0. The van der Waals surface area contributed by atoms with Gasteiger partial charge in [0.15, 0.2) is 0 Å². The number of rotatable bonds is 6. The van der Waals surface area contributed by atoms with Crippen molar-refractivity contribution in [3.8, 4) is 5.75 Å². The molecule has 0 aromatic heterocycles. The Balaban J connectivity index is 1.51. The fourth-order valence-corrected chi connectivity index (χ4v) is 4.42. The predicted molar refractivity (Wildman–Crippen MR) is 114 cm³/mol. The van der Waals surface area contributed by atoms with E-state index in [2.05, 4.69) is 11.5 Å². The second-order valence-corrected chi connectivity index (χ2v) is 8.40. The molecule has 0 saturated carbocycles. The van der Waals surface area contributed by atoms with Crippen LogP contribution < -0.4 is 0 Å². The van der Waals surface area contributed by atoms with Crippen LogP contribution in [-0.2, 0) is 22.4 Å². The van der Waals surface area contributed by atoms with Gasteiger partial charge in [-0.2, -0.15) is 0 Å². The molecule has 7 heteroatoms. The molecule has 1 aromatic rings. The van der Waals surface area contributed by atoms with Gasteiger partial charge in [0, 0.05) is 56.3 Å². The monoisotopic (exact) mass is 419 g/mol. The lowest BCUT2D eigenvalue weighted by Gasteiger charge is -2.48. The first-order valence-electron chi connectivity index (χ1n) is 10.3. The molecule has 2 aliphatic heterocycles. The van der Waals surface area contributed by atoms with Gasteiger partial charge in [-0.3, -0.25) is 14.5 Å². The van der Waals surface area contributed by atoms with Gasteiger partial charge in [0.05, 0.1) is 0 Å². The molecule has 2 amide bonds. The SMILES string of the molecule is C=CC(=O)N1CC(N2CCN(C(=O)[C@H](C)Cc3cc(CC)c(Cl)cc3O)CC2)C1. The van der Waals surface area contributed by atoms with Crippen molar-refractivity contribution in [1.82, 2.24) is 14.7 Å². The minimum atomic E-state index is -0.206. The number of phenols is 1. The van der Waals surface area contributed by atoms with E-state index in [1.54, 1.807) is 11.0 Å². The van der Waals surface area contributed by atoms with Crippen molar-refractivity contribution in [3.63, 3.8) is 0 Å². The molecule has 6 nitrogen and oxygen atoms in total. The summed E-state index contributed by atoms with van der Waals surface area (Å²) in [7, 11) is 0. The van der Waals surface area contributed by atoms with E-state index >= 15 is 0 Å². The molecule has 1 N–H and O–H groups in total. The average Bonchev–Trinajstić information content (AvgIpc) is 2.68. The second-order valence-electron chi connectivity index (χ2n) is 7.99.